The SMILES string of the molecule is CCNC(=NCC(c1cccs1)N(C)C)NCCCOCC. The number of nitrogens with one attached hydrogen (secondary N) is 2. The van der Waals surface area contributed by atoms with Crippen LogP contribution in [0.2, 0.25) is 0 Å². The number of hydrogen-bond acceptors (Lipinski definition) is 4. The van der Waals surface area contributed by atoms with E-state index in [1.54, 1.807) is 11.3 Å². The first-order chi connectivity index (χ1) is 10.7. The Morgan fingerprint density at radius 1 is 1.36 bits per heavy atom. The van der Waals surface area contributed by atoms with Crippen molar-refractivity contribution < 1.29 is 4.74 Å². The average Bonchev–Trinajstić information content (AvgIpc) is 3.00. The number of aliphatic imine (C=N–C) groups is 1. The van der Waals surface area contributed by atoms with Crippen LogP contribution in [0.25, 0.3) is 0 Å². The van der Waals surface area contributed by atoms with Gasteiger partial charge in [0, 0.05) is 31.2 Å². The standard InChI is InChI=1S/C16H30N4OS/c1-5-17-16(18-10-8-11-21-6-2)19-13-14(20(3)4)15-9-7-12-22-15/h7,9,12,14H,5-6,8,10-11,13H2,1-4H3,(H2,17,18,19). The smallest absolute Gasteiger partial charge is 0.191 e. The molecule has 0 saturated heterocycles. The lowest BCUT2D eigenvalue weighted by Crippen LogP contribution is -2.38. The molecule has 0 bridgehead atoms. The van der Waals surface area contributed by atoms with Gasteiger partial charge in [0.15, 0.2) is 5.96 Å². The zero-order chi connectivity index (χ0) is 16.2. The predicted molar refractivity (Wildman–Crippen MR) is 95.8 cm³/mol. The highest BCUT2D eigenvalue weighted by atomic mass is 32.1. The summed E-state index contributed by atoms with van der Waals surface area (Å²) in [5.74, 6) is 0.877. The van der Waals surface area contributed by atoms with Gasteiger partial charge in [-0.15, -0.1) is 11.3 Å². The van der Waals surface area contributed by atoms with Crippen LogP contribution in [-0.4, -0.2) is 57.8 Å². The first kappa shape index (κ1) is 18.9. The summed E-state index contributed by atoms with van der Waals surface area (Å²) in [4.78, 5) is 8.29. The molecule has 1 atom stereocenters. The molecule has 0 radical (unpaired) electrons. The van der Waals surface area contributed by atoms with Gasteiger partial charge in [0.1, 0.15) is 0 Å². The van der Waals surface area contributed by atoms with E-state index in [1.165, 1.54) is 4.88 Å². The zero-order valence-corrected chi connectivity index (χ0v) is 15.1. The Labute approximate surface area is 138 Å². The van der Waals surface area contributed by atoms with Crippen molar-refractivity contribution in [1.82, 2.24) is 15.5 Å². The molecule has 0 aliphatic carbocycles. The summed E-state index contributed by atoms with van der Waals surface area (Å²) in [5, 5.41) is 8.78. The quantitative estimate of drug-likeness (QED) is 0.394. The van der Waals surface area contributed by atoms with Crippen LogP contribution in [-0.2, 0) is 4.74 Å². The second-order valence-electron chi connectivity index (χ2n) is 5.19. The molecule has 0 spiro atoms. The number of rotatable bonds is 10. The third-order valence-corrected chi connectivity index (χ3v) is 4.20. The number of nitrogens with zero attached hydrogens (tertiary/aromatic N) is 2. The van der Waals surface area contributed by atoms with Crippen molar-refractivity contribution in [1.29, 1.82) is 0 Å². The van der Waals surface area contributed by atoms with E-state index in [1.807, 2.05) is 6.92 Å². The Bertz CT molecular complexity index is 406. The fourth-order valence-corrected chi connectivity index (χ4v) is 2.95. The molecule has 0 aliphatic rings. The van der Waals surface area contributed by atoms with Gasteiger partial charge >= 0.3 is 0 Å². The minimum atomic E-state index is 0.318. The van der Waals surface area contributed by atoms with E-state index in [0.29, 0.717) is 6.04 Å². The summed E-state index contributed by atoms with van der Waals surface area (Å²) in [6.45, 7) is 8.15. The molecular formula is C16H30N4OS. The molecule has 1 aromatic rings. The molecule has 1 aromatic heterocycles. The van der Waals surface area contributed by atoms with Crippen LogP contribution in [0.3, 0.4) is 0 Å². The van der Waals surface area contributed by atoms with E-state index < -0.39 is 0 Å². The summed E-state index contributed by atoms with van der Waals surface area (Å²) in [7, 11) is 4.20. The predicted octanol–water partition coefficient (Wildman–Crippen LogP) is 2.33. The molecular weight excluding hydrogens is 296 g/mol. The van der Waals surface area contributed by atoms with Crippen molar-refractivity contribution in [3.63, 3.8) is 0 Å². The van der Waals surface area contributed by atoms with Crippen molar-refractivity contribution in [2.24, 2.45) is 4.99 Å². The Morgan fingerprint density at radius 2 is 2.18 bits per heavy atom. The van der Waals surface area contributed by atoms with Crippen LogP contribution in [0.15, 0.2) is 22.5 Å². The fourth-order valence-electron chi connectivity index (χ4n) is 2.03. The lowest BCUT2D eigenvalue weighted by atomic mass is 10.2. The van der Waals surface area contributed by atoms with Gasteiger partial charge in [-0.25, -0.2) is 0 Å². The van der Waals surface area contributed by atoms with E-state index in [4.69, 9.17) is 9.73 Å². The Balaban J connectivity index is 2.51. The maximum atomic E-state index is 5.35. The molecule has 0 fully saturated rings. The molecule has 5 nitrogen and oxygen atoms in total. The highest BCUT2D eigenvalue weighted by molar-refractivity contribution is 7.10. The van der Waals surface area contributed by atoms with Crippen LogP contribution in [0, 0.1) is 0 Å². The molecule has 0 saturated carbocycles. The highest BCUT2D eigenvalue weighted by Crippen LogP contribution is 2.23. The largest absolute Gasteiger partial charge is 0.382 e. The van der Waals surface area contributed by atoms with Gasteiger partial charge in [-0.05, 0) is 45.8 Å². The second kappa shape index (κ2) is 11.5. The van der Waals surface area contributed by atoms with Gasteiger partial charge < -0.3 is 20.3 Å². The van der Waals surface area contributed by atoms with Gasteiger partial charge in [0.25, 0.3) is 0 Å². The van der Waals surface area contributed by atoms with Gasteiger partial charge in [-0.2, -0.15) is 0 Å². The van der Waals surface area contributed by atoms with Crippen LogP contribution >= 0.6 is 11.3 Å². The van der Waals surface area contributed by atoms with Crippen LogP contribution in [0.4, 0.5) is 0 Å². The van der Waals surface area contributed by atoms with Crippen molar-refractivity contribution >= 4 is 17.3 Å². The maximum absolute atomic E-state index is 5.35. The number of thiophene rings is 1. The first-order valence-corrected chi connectivity index (χ1v) is 8.86. The molecule has 6 heteroatoms. The summed E-state index contributed by atoms with van der Waals surface area (Å²) < 4.78 is 5.35. The molecule has 2 N–H and O–H groups in total. The molecule has 22 heavy (non-hydrogen) atoms. The average molecular weight is 327 g/mol. The topological polar surface area (TPSA) is 48.9 Å². The lowest BCUT2D eigenvalue weighted by molar-refractivity contribution is 0.145. The van der Waals surface area contributed by atoms with E-state index in [9.17, 15) is 0 Å². The number of hydrogen-bond donors (Lipinski definition) is 2. The molecule has 1 rings (SSSR count). The molecule has 126 valence electrons. The highest BCUT2D eigenvalue weighted by Gasteiger charge is 2.14. The minimum Gasteiger partial charge on any atom is -0.382 e. The number of likely N-dealkylation sites (N-methyl/N-ethyl adjacent to an activating group) is 1. The molecule has 1 heterocycles. The van der Waals surface area contributed by atoms with E-state index in [-0.39, 0.29) is 0 Å². The van der Waals surface area contributed by atoms with E-state index in [0.717, 1.165) is 45.2 Å². The van der Waals surface area contributed by atoms with Crippen LogP contribution in [0.5, 0.6) is 0 Å². The van der Waals surface area contributed by atoms with Gasteiger partial charge in [-0.3, -0.25) is 4.99 Å². The van der Waals surface area contributed by atoms with Gasteiger partial charge in [0.05, 0.1) is 12.6 Å². The Kier molecular flexibility index (Phi) is 9.86. The van der Waals surface area contributed by atoms with Crippen molar-refractivity contribution in [2.45, 2.75) is 26.3 Å². The molecule has 0 aromatic carbocycles. The third-order valence-electron chi connectivity index (χ3n) is 3.22. The summed E-state index contributed by atoms with van der Waals surface area (Å²) in [6.07, 6.45) is 0.986. The third kappa shape index (κ3) is 7.24. The van der Waals surface area contributed by atoms with Crippen LogP contribution in [0.1, 0.15) is 31.2 Å². The summed E-state index contributed by atoms with van der Waals surface area (Å²) in [6, 6.07) is 4.59. The maximum Gasteiger partial charge on any atom is 0.191 e. The monoisotopic (exact) mass is 326 g/mol. The van der Waals surface area contributed by atoms with Gasteiger partial charge in [-0.1, -0.05) is 6.07 Å². The first-order valence-electron chi connectivity index (χ1n) is 7.98. The van der Waals surface area contributed by atoms with Crippen molar-refractivity contribution in [2.75, 3.05) is 46.9 Å². The second-order valence-corrected chi connectivity index (χ2v) is 6.17. The Morgan fingerprint density at radius 3 is 2.77 bits per heavy atom. The number of ether oxygens (including phenoxy) is 1. The zero-order valence-electron chi connectivity index (χ0n) is 14.3. The molecule has 1 unspecified atom stereocenters. The Hall–Kier alpha value is -1.11. The lowest BCUT2D eigenvalue weighted by Gasteiger charge is -2.22. The van der Waals surface area contributed by atoms with Crippen molar-refractivity contribution in [3.8, 4) is 0 Å². The van der Waals surface area contributed by atoms with E-state index >= 15 is 0 Å². The van der Waals surface area contributed by atoms with E-state index in [2.05, 4.69) is 54.1 Å². The fraction of sp³-hybridized carbons (Fsp3) is 0.688. The summed E-state index contributed by atoms with van der Waals surface area (Å²) in [5.41, 5.74) is 0. The van der Waals surface area contributed by atoms with Gasteiger partial charge in [0.2, 0.25) is 0 Å². The summed E-state index contributed by atoms with van der Waals surface area (Å²) >= 11 is 1.78. The minimum absolute atomic E-state index is 0.318. The van der Waals surface area contributed by atoms with Crippen molar-refractivity contribution in [3.05, 3.63) is 22.4 Å². The molecule has 0 amide bonds. The normalized spacial score (nSPS) is 13.4. The van der Waals surface area contributed by atoms with Crippen LogP contribution < -0.4 is 10.6 Å². The number of guanidine groups is 1. The molecule has 0 aliphatic heterocycles.